The molecule has 0 spiro atoms. The number of rotatable bonds is 21. The molecule has 0 radical (unpaired) electrons. The van der Waals surface area contributed by atoms with Crippen molar-refractivity contribution in [1.82, 2.24) is 14.4 Å². The molecule has 0 amide bonds. The molecule has 2 bridgehead atoms. The van der Waals surface area contributed by atoms with E-state index in [-0.39, 0.29) is 36.1 Å². The molecule has 1 aromatic heterocycles. The van der Waals surface area contributed by atoms with Crippen LogP contribution in [0, 0.1) is 0 Å². The highest BCUT2D eigenvalue weighted by Crippen LogP contribution is 2.53. The lowest BCUT2D eigenvalue weighted by Gasteiger charge is -2.36. The fraction of sp³-hybridized carbons (Fsp3) is 0.806. The van der Waals surface area contributed by atoms with Gasteiger partial charge in [0.2, 0.25) is 0 Å². The van der Waals surface area contributed by atoms with Crippen molar-refractivity contribution in [1.29, 1.82) is 0 Å². The van der Waals surface area contributed by atoms with Crippen LogP contribution in [0.25, 0.3) is 0 Å². The number of hydrogen-bond acceptors (Lipinski definition) is 6. The van der Waals surface area contributed by atoms with Crippen molar-refractivity contribution in [2.24, 2.45) is 0 Å². The average molecular weight is 600 g/mol. The van der Waals surface area contributed by atoms with Gasteiger partial charge < -0.3 is 19.8 Å². The summed E-state index contributed by atoms with van der Waals surface area (Å²) in [5, 5.41) is 22.4. The number of aromatic nitrogens is 1. The van der Waals surface area contributed by atoms with E-state index in [1.807, 2.05) is 0 Å². The minimum absolute atomic E-state index is 0.150. The van der Waals surface area contributed by atoms with Gasteiger partial charge in [0.1, 0.15) is 6.10 Å². The molecule has 3 unspecified atom stereocenters. The molecule has 0 saturated carbocycles. The number of allylic oxidation sites excluding steroid dienone is 2. The molecular weight excluding hydrogens is 538 g/mol. The van der Waals surface area contributed by atoms with Crippen LogP contribution in [-0.2, 0) is 16.1 Å². The summed E-state index contributed by atoms with van der Waals surface area (Å²) < 4.78 is 7.71. The van der Waals surface area contributed by atoms with E-state index >= 15 is 0 Å². The number of nitrogens with zero attached hydrogens (tertiary/aromatic N) is 3. The van der Waals surface area contributed by atoms with Crippen LogP contribution in [0.15, 0.2) is 12.2 Å². The Hall–Kier alpha value is -1.99. The SMILES string of the molecule is CCCCCCCCCCCCCCCC(=O)OC(CN1CCN(CCC)CC1)Cn1c(O)c2c(c1O)C1C=CC2CC1. The quantitative estimate of drug-likeness (QED) is 0.0851. The van der Waals surface area contributed by atoms with Gasteiger partial charge >= 0.3 is 5.97 Å². The zero-order valence-corrected chi connectivity index (χ0v) is 27.4. The van der Waals surface area contributed by atoms with E-state index in [0.29, 0.717) is 13.0 Å². The second-order valence-corrected chi connectivity index (χ2v) is 13.5. The first-order chi connectivity index (χ1) is 21.0. The molecule has 2 N–H and O–H groups in total. The van der Waals surface area contributed by atoms with Crippen LogP contribution in [-0.4, -0.2) is 75.9 Å². The highest BCUT2D eigenvalue weighted by Gasteiger charge is 2.38. The number of fused-ring (bicyclic) bond motifs is 1. The molecule has 7 heteroatoms. The molecule has 244 valence electrons. The standard InChI is InChI=1S/C36H61N3O4/c1-3-5-6-7-8-9-10-11-12-13-14-15-16-17-32(40)43-31(27-38-25-23-37(22-4-2)24-26-38)28-39-35(41)33-29-18-19-30(21-20-29)34(33)36(39)42/h18-19,29-31,41-42H,3-17,20-28H2,1-2H3. The molecule has 1 aromatic rings. The number of carbonyl (C=O) groups excluding carboxylic acids is 1. The first kappa shape index (κ1) is 33.9. The van der Waals surface area contributed by atoms with Crippen LogP contribution in [0.1, 0.15) is 146 Å². The van der Waals surface area contributed by atoms with Gasteiger partial charge in [-0.1, -0.05) is 103 Å². The monoisotopic (exact) mass is 599 g/mol. The zero-order valence-electron chi connectivity index (χ0n) is 27.4. The largest absolute Gasteiger partial charge is 0.494 e. The maximum atomic E-state index is 13.0. The first-order valence-electron chi connectivity index (χ1n) is 18.0. The summed E-state index contributed by atoms with van der Waals surface area (Å²) in [7, 11) is 0. The van der Waals surface area contributed by atoms with E-state index in [1.54, 1.807) is 4.57 Å². The number of ether oxygens (including phenoxy) is 1. The molecule has 1 aliphatic heterocycles. The van der Waals surface area contributed by atoms with Crippen molar-refractivity contribution in [3.63, 3.8) is 0 Å². The predicted molar refractivity (Wildman–Crippen MR) is 175 cm³/mol. The van der Waals surface area contributed by atoms with Crippen molar-refractivity contribution in [2.75, 3.05) is 39.3 Å². The molecular formula is C36H61N3O4. The smallest absolute Gasteiger partial charge is 0.306 e. The van der Waals surface area contributed by atoms with E-state index in [9.17, 15) is 15.0 Å². The van der Waals surface area contributed by atoms with Crippen molar-refractivity contribution in [2.45, 2.75) is 147 Å². The van der Waals surface area contributed by atoms with Gasteiger partial charge in [-0.3, -0.25) is 14.3 Å². The molecule has 7 nitrogen and oxygen atoms in total. The van der Waals surface area contributed by atoms with E-state index in [0.717, 1.165) is 76.0 Å². The Morgan fingerprint density at radius 2 is 1.21 bits per heavy atom. The average Bonchev–Trinajstić information content (AvgIpc) is 3.28. The minimum Gasteiger partial charge on any atom is -0.494 e. The van der Waals surface area contributed by atoms with Crippen LogP contribution < -0.4 is 0 Å². The normalized spacial score (nSPS) is 20.9. The number of piperazine rings is 1. The second-order valence-electron chi connectivity index (χ2n) is 13.5. The third-order valence-electron chi connectivity index (χ3n) is 10.0. The van der Waals surface area contributed by atoms with Crippen molar-refractivity contribution >= 4 is 5.97 Å². The second kappa shape index (κ2) is 18.1. The molecule has 3 atom stereocenters. The van der Waals surface area contributed by atoms with Crippen LogP contribution in [0.2, 0.25) is 0 Å². The Morgan fingerprint density at radius 1 is 0.721 bits per heavy atom. The fourth-order valence-corrected chi connectivity index (χ4v) is 7.50. The molecule has 0 aromatic carbocycles. The van der Waals surface area contributed by atoms with Crippen molar-refractivity contribution in [3.05, 3.63) is 23.3 Å². The van der Waals surface area contributed by atoms with Gasteiger partial charge in [-0.15, -0.1) is 0 Å². The maximum Gasteiger partial charge on any atom is 0.306 e. The summed E-state index contributed by atoms with van der Waals surface area (Å²) in [5.74, 6) is 0.467. The van der Waals surface area contributed by atoms with Gasteiger partial charge in [-0.2, -0.15) is 0 Å². The highest BCUT2D eigenvalue weighted by molar-refractivity contribution is 5.69. The van der Waals surface area contributed by atoms with E-state index < -0.39 is 6.10 Å². The van der Waals surface area contributed by atoms with Crippen molar-refractivity contribution in [3.8, 4) is 11.8 Å². The summed E-state index contributed by atoms with van der Waals surface area (Å²) in [6.07, 6.45) is 24.2. The number of carbonyl (C=O) groups is 1. The van der Waals surface area contributed by atoms with E-state index in [4.69, 9.17) is 4.74 Å². The Balaban J connectivity index is 1.22. The zero-order chi connectivity index (χ0) is 30.4. The van der Waals surface area contributed by atoms with Crippen LogP contribution in [0.5, 0.6) is 11.8 Å². The van der Waals surface area contributed by atoms with Gasteiger partial charge in [-0.05, 0) is 32.2 Å². The number of hydrogen-bond donors (Lipinski definition) is 2. The van der Waals surface area contributed by atoms with Gasteiger partial charge in [0.05, 0.1) is 6.54 Å². The van der Waals surface area contributed by atoms with Gasteiger partial charge in [0.25, 0.3) is 0 Å². The molecule has 5 rings (SSSR count). The Bertz CT molecular complexity index is 960. The van der Waals surface area contributed by atoms with E-state index in [2.05, 4.69) is 35.8 Å². The third-order valence-corrected chi connectivity index (χ3v) is 10.0. The summed E-state index contributed by atoms with van der Waals surface area (Å²) in [6.45, 7) is 10.5. The first-order valence-corrected chi connectivity index (χ1v) is 18.0. The summed E-state index contributed by atoms with van der Waals surface area (Å²) in [4.78, 5) is 17.9. The van der Waals surface area contributed by atoms with Gasteiger partial charge in [-0.25, -0.2) is 0 Å². The topological polar surface area (TPSA) is 78.2 Å². The van der Waals surface area contributed by atoms with Crippen LogP contribution >= 0.6 is 0 Å². The number of unbranched alkanes of at least 4 members (excludes halogenated alkanes) is 12. The lowest BCUT2D eigenvalue weighted by atomic mass is 9.73. The lowest BCUT2D eigenvalue weighted by molar-refractivity contribution is -0.151. The molecule has 2 heterocycles. The Labute approximate surface area is 261 Å². The molecule has 1 saturated heterocycles. The summed E-state index contributed by atoms with van der Waals surface area (Å²) in [5.41, 5.74) is 1.75. The minimum atomic E-state index is -0.413. The van der Waals surface area contributed by atoms with Crippen LogP contribution in [0.3, 0.4) is 0 Å². The van der Waals surface area contributed by atoms with Gasteiger partial charge in [0.15, 0.2) is 11.8 Å². The van der Waals surface area contributed by atoms with E-state index in [1.165, 1.54) is 70.6 Å². The fourth-order valence-electron chi connectivity index (χ4n) is 7.50. The Morgan fingerprint density at radius 3 is 1.70 bits per heavy atom. The lowest BCUT2D eigenvalue weighted by Crippen LogP contribution is -2.49. The Kier molecular flexibility index (Phi) is 14.3. The summed E-state index contributed by atoms with van der Waals surface area (Å²) in [6, 6.07) is 0. The highest BCUT2D eigenvalue weighted by atomic mass is 16.5. The number of aromatic hydroxyl groups is 2. The predicted octanol–water partition coefficient (Wildman–Crippen LogP) is 7.85. The third kappa shape index (κ3) is 10.0. The number of esters is 1. The maximum absolute atomic E-state index is 13.0. The summed E-state index contributed by atoms with van der Waals surface area (Å²) >= 11 is 0. The molecule has 4 aliphatic rings. The molecule has 1 fully saturated rings. The molecule has 3 aliphatic carbocycles. The van der Waals surface area contributed by atoms with Crippen LogP contribution in [0.4, 0.5) is 0 Å². The van der Waals surface area contributed by atoms with Gasteiger partial charge in [0, 0.05) is 62.1 Å². The molecule has 43 heavy (non-hydrogen) atoms. The van der Waals surface area contributed by atoms with Crippen molar-refractivity contribution < 1.29 is 19.7 Å².